The smallest absolute Gasteiger partial charge is 0.269 e. The van der Waals surface area contributed by atoms with Gasteiger partial charge in [0.25, 0.3) is 11.6 Å². The van der Waals surface area contributed by atoms with Crippen LogP contribution in [0.1, 0.15) is 41.5 Å². The van der Waals surface area contributed by atoms with E-state index in [1.807, 2.05) is 68.6 Å². The van der Waals surface area contributed by atoms with E-state index >= 15 is 0 Å². The Morgan fingerprint density at radius 1 is 0.947 bits per heavy atom. The Morgan fingerprint density at radius 2 is 1.61 bits per heavy atom. The number of nitro benzene ring substituents is 1. The molecule has 2 heterocycles. The second kappa shape index (κ2) is 10.1. The van der Waals surface area contributed by atoms with Crippen LogP contribution in [0.15, 0.2) is 91.1 Å². The van der Waals surface area contributed by atoms with Crippen LogP contribution < -0.4 is 4.90 Å². The molecule has 0 spiro atoms. The minimum atomic E-state index is -0.515. The van der Waals surface area contributed by atoms with Gasteiger partial charge in [0.05, 0.1) is 22.0 Å². The lowest BCUT2D eigenvalue weighted by molar-refractivity contribution is -0.384. The first-order chi connectivity index (χ1) is 18.3. The Bertz CT molecular complexity index is 1510. The van der Waals surface area contributed by atoms with Gasteiger partial charge in [-0.1, -0.05) is 35.9 Å². The van der Waals surface area contributed by atoms with E-state index in [0.717, 1.165) is 22.6 Å². The van der Waals surface area contributed by atoms with Gasteiger partial charge in [0.1, 0.15) is 12.6 Å². The fourth-order valence-electron chi connectivity index (χ4n) is 4.82. The number of aromatic nitrogens is 1. The van der Waals surface area contributed by atoms with Gasteiger partial charge >= 0.3 is 0 Å². The lowest BCUT2D eigenvalue weighted by atomic mass is 9.97. The molecule has 9 heteroatoms. The highest BCUT2D eigenvalue weighted by Crippen LogP contribution is 2.42. The number of non-ortho nitro benzene ring substituents is 1. The van der Waals surface area contributed by atoms with Crippen LogP contribution in [0.25, 0.3) is 5.69 Å². The van der Waals surface area contributed by atoms with Gasteiger partial charge in [0.2, 0.25) is 5.91 Å². The van der Waals surface area contributed by atoms with Crippen LogP contribution in [0.4, 0.5) is 11.4 Å². The average molecular weight is 529 g/mol. The minimum absolute atomic E-state index is 0.104. The molecule has 0 unspecified atom stereocenters. The third-order valence-corrected chi connectivity index (χ3v) is 6.94. The molecule has 0 fully saturated rings. The Labute approximate surface area is 224 Å². The highest BCUT2D eigenvalue weighted by molar-refractivity contribution is 6.30. The quantitative estimate of drug-likeness (QED) is 0.226. The summed E-state index contributed by atoms with van der Waals surface area (Å²) in [7, 11) is 0. The van der Waals surface area contributed by atoms with Gasteiger partial charge in [-0.3, -0.25) is 24.6 Å². The zero-order chi connectivity index (χ0) is 27.0. The van der Waals surface area contributed by atoms with E-state index in [1.165, 1.54) is 29.2 Å². The molecule has 0 radical (unpaired) electrons. The Balaban J connectivity index is 1.54. The molecule has 2 amide bonds. The molecule has 0 saturated carbocycles. The van der Waals surface area contributed by atoms with Crippen molar-refractivity contribution in [3.63, 3.8) is 0 Å². The van der Waals surface area contributed by atoms with Crippen molar-refractivity contribution in [2.45, 2.75) is 25.9 Å². The molecular weight excluding hydrogens is 504 g/mol. The van der Waals surface area contributed by atoms with Crippen LogP contribution in [0, 0.1) is 10.1 Å². The molecular formula is C29H25ClN4O4. The number of fused-ring (bicyclic) bond motifs is 3. The van der Waals surface area contributed by atoms with E-state index in [2.05, 4.69) is 4.57 Å². The van der Waals surface area contributed by atoms with Crippen LogP contribution in [0.5, 0.6) is 0 Å². The van der Waals surface area contributed by atoms with Crippen LogP contribution >= 0.6 is 11.6 Å². The van der Waals surface area contributed by atoms with Gasteiger partial charge in [-0.2, -0.15) is 0 Å². The first-order valence-electron chi connectivity index (χ1n) is 12.2. The van der Waals surface area contributed by atoms with Crippen molar-refractivity contribution in [2.75, 3.05) is 11.4 Å². The lowest BCUT2D eigenvalue weighted by Gasteiger charge is -2.40. The highest BCUT2D eigenvalue weighted by atomic mass is 35.5. The Hall–Kier alpha value is -4.43. The van der Waals surface area contributed by atoms with Gasteiger partial charge in [-0.15, -0.1) is 0 Å². The second-order valence-corrected chi connectivity index (χ2v) is 9.78. The number of benzene rings is 3. The summed E-state index contributed by atoms with van der Waals surface area (Å²) in [4.78, 5) is 41.3. The fourth-order valence-corrected chi connectivity index (χ4v) is 4.95. The second-order valence-electron chi connectivity index (χ2n) is 9.34. The molecule has 3 aromatic carbocycles. The summed E-state index contributed by atoms with van der Waals surface area (Å²) in [5, 5.41) is 11.6. The number of anilines is 1. The highest BCUT2D eigenvalue weighted by Gasteiger charge is 2.37. The molecule has 38 heavy (non-hydrogen) atoms. The van der Waals surface area contributed by atoms with Gasteiger partial charge < -0.3 is 9.47 Å². The summed E-state index contributed by atoms with van der Waals surface area (Å²) in [6, 6.07) is 23.7. The number of carbonyl (C=O) groups is 2. The van der Waals surface area contributed by atoms with Crippen LogP contribution in [-0.4, -0.2) is 38.8 Å². The number of halogens is 1. The molecule has 0 N–H and O–H groups in total. The van der Waals surface area contributed by atoms with Crippen molar-refractivity contribution in [3.8, 4) is 5.69 Å². The van der Waals surface area contributed by atoms with Crippen LogP contribution in [0.2, 0.25) is 5.02 Å². The van der Waals surface area contributed by atoms with Gasteiger partial charge in [0.15, 0.2) is 0 Å². The van der Waals surface area contributed by atoms with Crippen molar-refractivity contribution in [1.82, 2.24) is 9.47 Å². The van der Waals surface area contributed by atoms with Crippen molar-refractivity contribution in [3.05, 3.63) is 123 Å². The number of para-hydroxylation sites is 2. The topological polar surface area (TPSA) is 88.7 Å². The largest absolute Gasteiger partial charge is 0.327 e. The molecule has 192 valence electrons. The van der Waals surface area contributed by atoms with Crippen molar-refractivity contribution in [2.24, 2.45) is 0 Å². The number of hydrogen-bond donors (Lipinski definition) is 0. The SMILES string of the molecule is CC(C)N(CC(=O)N1c2ccccc2-n2cccc2[C@@H]1c1ccc(Cl)cc1)C(=O)c1ccc([N+](=O)[O-])cc1. The molecule has 0 aliphatic carbocycles. The molecule has 0 bridgehead atoms. The molecule has 1 aliphatic rings. The van der Waals surface area contributed by atoms with Crippen LogP contribution in [-0.2, 0) is 4.79 Å². The summed E-state index contributed by atoms with van der Waals surface area (Å²) in [6.45, 7) is 3.50. The predicted molar refractivity (Wildman–Crippen MR) is 146 cm³/mol. The van der Waals surface area contributed by atoms with Crippen molar-refractivity contribution >= 4 is 34.8 Å². The zero-order valence-electron chi connectivity index (χ0n) is 20.8. The van der Waals surface area contributed by atoms with Crippen molar-refractivity contribution < 1.29 is 14.5 Å². The third kappa shape index (κ3) is 4.54. The number of rotatable bonds is 6. The number of nitrogens with zero attached hydrogens (tertiary/aromatic N) is 4. The summed E-state index contributed by atoms with van der Waals surface area (Å²) in [5.41, 5.74) is 3.57. The van der Waals surface area contributed by atoms with E-state index in [9.17, 15) is 19.7 Å². The maximum absolute atomic E-state index is 14.1. The number of nitro groups is 1. The van der Waals surface area contributed by atoms with E-state index in [4.69, 9.17) is 11.6 Å². The number of hydrogen-bond acceptors (Lipinski definition) is 4. The standard InChI is InChI=1S/C29H25ClN4O4/c1-19(2)32(29(36)21-11-15-23(16-12-21)34(37)38)18-27(35)33-25-7-4-3-6-24(25)31-17-5-8-26(31)28(33)20-9-13-22(30)14-10-20/h3-17,19,28H,18H2,1-2H3/t28-/m0/s1. The molecule has 8 nitrogen and oxygen atoms in total. The zero-order valence-corrected chi connectivity index (χ0v) is 21.6. The average Bonchev–Trinajstić information content (AvgIpc) is 3.41. The lowest BCUT2D eigenvalue weighted by Crippen LogP contribution is -2.48. The van der Waals surface area contributed by atoms with E-state index < -0.39 is 11.0 Å². The van der Waals surface area contributed by atoms with Gasteiger partial charge in [0, 0.05) is 35.0 Å². The fraction of sp³-hybridized carbons (Fsp3) is 0.172. The Morgan fingerprint density at radius 3 is 2.24 bits per heavy atom. The number of carbonyl (C=O) groups excluding carboxylic acids is 2. The first-order valence-corrected chi connectivity index (χ1v) is 12.5. The van der Waals surface area contributed by atoms with Crippen molar-refractivity contribution in [1.29, 1.82) is 0 Å². The number of amides is 2. The van der Waals surface area contributed by atoms with E-state index in [1.54, 1.807) is 17.0 Å². The maximum Gasteiger partial charge on any atom is 0.269 e. The molecule has 1 atom stereocenters. The van der Waals surface area contributed by atoms with E-state index in [0.29, 0.717) is 5.02 Å². The molecule has 4 aromatic rings. The normalized spacial score (nSPS) is 14.1. The van der Waals surface area contributed by atoms with E-state index in [-0.39, 0.29) is 35.7 Å². The summed E-state index contributed by atoms with van der Waals surface area (Å²) < 4.78 is 2.07. The van der Waals surface area contributed by atoms with Gasteiger partial charge in [-0.05, 0) is 67.9 Å². The minimum Gasteiger partial charge on any atom is -0.327 e. The third-order valence-electron chi connectivity index (χ3n) is 6.69. The first kappa shape index (κ1) is 25.2. The molecule has 1 aromatic heterocycles. The Kier molecular flexibility index (Phi) is 6.73. The molecule has 5 rings (SSSR count). The monoisotopic (exact) mass is 528 g/mol. The summed E-state index contributed by atoms with van der Waals surface area (Å²) >= 11 is 6.17. The summed E-state index contributed by atoms with van der Waals surface area (Å²) in [5.74, 6) is -0.631. The maximum atomic E-state index is 14.1. The summed E-state index contributed by atoms with van der Waals surface area (Å²) in [6.07, 6.45) is 1.97. The van der Waals surface area contributed by atoms with Gasteiger partial charge in [-0.25, -0.2) is 0 Å². The van der Waals surface area contributed by atoms with Crippen LogP contribution in [0.3, 0.4) is 0 Å². The molecule has 0 saturated heterocycles. The predicted octanol–water partition coefficient (Wildman–Crippen LogP) is 6.03. The molecule has 1 aliphatic heterocycles.